The Bertz CT molecular complexity index is 416. The minimum atomic E-state index is -0.946. The second-order valence-electron chi connectivity index (χ2n) is 4.84. The fraction of sp³-hybridized carbons (Fsp3) is 0.500. The minimum absolute atomic E-state index is 0.233. The highest BCUT2D eigenvalue weighted by atomic mass is 16.4. The summed E-state index contributed by atoms with van der Waals surface area (Å²) in [5.74, 6) is -0.308. The monoisotopic (exact) mass is 250 g/mol. The summed E-state index contributed by atoms with van der Waals surface area (Å²) >= 11 is 0. The van der Waals surface area contributed by atoms with Crippen LogP contribution in [0.3, 0.4) is 0 Å². The molecule has 4 nitrogen and oxygen atoms in total. The molecule has 0 saturated heterocycles. The predicted molar refractivity (Wildman–Crippen MR) is 75.2 cm³/mol. The Balaban J connectivity index is 2.89. The number of nitrogens with two attached hydrogens (primary N) is 1. The van der Waals surface area contributed by atoms with Gasteiger partial charge in [-0.25, -0.2) is 4.79 Å². The lowest BCUT2D eigenvalue weighted by molar-refractivity contribution is 0.0697. The number of carboxylic acids is 1. The maximum Gasteiger partial charge on any atom is 0.335 e. The van der Waals surface area contributed by atoms with Gasteiger partial charge in [0.25, 0.3) is 0 Å². The molecular weight excluding hydrogens is 228 g/mol. The highest BCUT2D eigenvalue weighted by molar-refractivity contribution is 5.90. The number of nitrogen functional groups attached to an aromatic ring is 1. The molecule has 0 fully saturated rings. The highest BCUT2D eigenvalue weighted by Crippen LogP contribution is 2.25. The van der Waals surface area contributed by atoms with Crippen LogP contribution < -0.4 is 10.6 Å². The Morgan fingerprint density at radius 2 is 2.11 bits per heavy atom. The van der Waals surface area contributed by atoms with E-state index < -0.39 is 5.97 Å². The Morgan fingerprint density at radius 3 is 2.56 bits per heavy atom. The summed E-state index contributed by atoms with van der Waals surface area (Å²) < 4.78 is 0. The molecule has 1 aromatic carbocycles. The van der Waals surface area contributed by atoms with Crippen LogP contribution in [0.5, 0.6) is 0 Å². The zero-order valence-corrected chi connectivity index (χ0v) is 11.3. The molecule has 0 aliphatic rings. The van der Waals surface area contributed by atoms with Crippen LogP contribution in [-0.4, -0.2) is 24.2 Å². The van der Waals surface area contributed by atoms with Crippen molar-refractivity contribution in [1.82, 2.24) is 0 Å². The van der Waals surface area contributed by atoms with E-state index in [1.54, 1.807) is 12.1 Å². The zero-order valence-electron chi connectivity index (χ0n) is 11.3. The summed E-state index contributed by atoms with van der Waals surface area (Å²) in [7, 11) is 0. The van der Waals surface area contributed by atoms with Crippen LogP contribution in [0.25, 0.3) is 0 Å². The van der Waals surface area contributed by atoms with Crippen molar-refractivity contribution in [2.75, 3.05) is 23.7 Å². The third-order valence-electron chi connectivity index (χ3n) is 2.97. The van der Waals surface area contributed by atoms with Crippen molar-refractivity contribution in [2.24, 2.45) is 5.92 Å². The largest absolute Gasteiger partial charge is 0.478 e. The van der Waals surface area contributed by atoms with E-state index in [-0.39, 0.29) is 5.56 Å². The first-order valence-corrected chi connectivity index (χ1v) is 6.33. The number of nitrogens with zero attached hydrogens (tertiary/aromatic N) is 1. The van der Waals surface area contributed by atoms with Crippen LogP contribution in [0.2, 0.25) is 0 Å². The van der Waals surface area contributed by atoms with Gasteiger partial charge < -0.3 is 15.7 Å². The van der Waals surface area contributed by atoms with Gasteiger partial charge in [0.1, 0.15) is 0 Å². The van der Waals surface area contributed by atoms with E-state index in [9.17, 15) is 4.79 Å². The summed E-state index contributed by atoms with van der Waals surface area (Å²) in [6.45, 7) is 8.24. The number of benzene rings is 1. The Hall–Kier alpha value is -1.71. The zero-order chi connectivity index (χ0) is 13.7. The number of hydrogen-bond donors (Lipinski definition) is 2. The van der Waals surface area contributed by atoms with E-state index in [1.165, 1.54) is 6.07 Å². The van der Waals surface area contributed by atoms with Gasteiger partial charge in [0.2, 0.25) is 0 Å². The van der Waals surface area contributed by atoms with Crippen LogP contribution in [-0.2, 0) is 0 Å². The smallest absolute Gasteiger partial charge is 0.335 e. The summed E-state index contributed by atoms with van der Waals surface area (Å²) in [5.41, 5.74) is 7.62. The first-order chi connectivity index (χ1) is 8.45. The molecule has 0 unspecified atom stereocenters. The van der Waals surface area contributed by atoms with Crippen molar-refractivity contribution in [3.8, 4) is 0 Å². The normalized spacial score (nSPS) is 10.7. The van der Waals surface area contributed by atoms with Crippen molar-refractivity contribution in [2.45, 2.75) is 27.2 Å². The van der Waals surface area contributed by atoms with Gasteiger partial charge in [-0.1, -0.05) is 13.8 Å². The van der Waals surface area contributed by atoms with Gasteiger partial charge in [-0.3, -0.25) is 0 Å². The second kappa shape index (κ2) is 6.28. The van der Waals surface area contributed by atoms with Crippen LogP contribution in [0.4, 0.5) is 11.4 Å². The molecule has 4 heteroatoms. The summed E-state index contributed by atoms with van der Waals surface area (Å²) in [5, 5.41) is 8.90. The quantitative estimate of drug-likeness (QED) is 0.762. The Morgan fingerprint density at radius 1 is 1.44 bits per heavy atom. The van der Waals surface area contributed by atoms with Crippen LogP contribution in [0, 0.1) is 5.92 Å². The van der Waals surface area contributed by atoms with Gasteiger partial charge in [0.05, 0.1) is 16.9 Å². The van der Waals surface area contributed by atoms with Crippen molar-refractivity contribution >= 4 is 17.3 Å². The van der Waals surface area contributed by atoms with E-state index in [4.69, 9.17) is 10.8 Å². The predicted octanol–water partition coefficient (Wildman–Crippen LogP) is 2.84. The third-order valence-corrected chi connectivity index (χ3v) is 2.97. The van der Waals surface area contributed by atoms with Gasteiger partial charge in [0.15, 0.2) is 0 Å². The number of aromatic carboxylic acids is 1. The van der Waals surface area contributed by atoms with Gasteiger partial charge in [-0.2, -0.15) is 0 Å². The highest BCUT2D eigenvalue weighted by Gasteiger charge is 2.11. The maximum absolute atomic E-state index is 10.8. The molecule has 0 aromatic heterocycles. The van der Waals surface area contributed by atoms with Gasteiger partial charge in [-0.05, 0) is 37.5 Å². The Kier molecular flexibility index (Phi) is 5.01. The van der Waals surface area contributed by atoms with Crippen molar-refractivity contribution in [1.29, 1.82) is 0 Å². The average molecular weight is 250 g/mol. The molecule has 1 aromatic rings. The molecule has 0 spiro atoms. The fourth-order valence-electron chi connectivity index (χ4n) is 1.84. The number of anilines is 2. The molecule has 0 saturated carbocycles. The standard InChI is InChI=1S/C14H22N2O2/c1-4-16(8-7-10(2)3)13-6-5-11(14(17)18)9-12(13)15/h5-6,9-10H,4,7-8,15H2,1-3H3,(H,17,18). The SMILES string of the molecule is CCN(CCC(C)C)c1ccc(C(=O)O)cc1N. The second-order valence-corrected chi connectivity index (χ2v) is 4.84. The van der Waals surface area contributed by atoms with Gasteiger partial charge >= 0.3 is 5.97 Å². The van der Waals surface area contributed by atoms with Crippen LogP contribution in [0.1, 0.15) is 37.6 Å². The molecule has 1 rings (SSSR count). The summed E-state index contributed by atoms with van der Waals surface area (Å²) in [6.07, 6.45) is 1.09. The van der Waals surface area contributed by atoms with Crippen LogP contribution >= 0.6 is 0 Å². The number of carbonyl (C=O) groups is 1. The molecule has 0 aliphatic carbocycles. The van der Waals surface area contributed by atoms with Crippen molar-refractivity contribution in [3.05, 3.63) is 23.8 Å². The maximum atomic E-state index is 10.8. The molecule has 0 amide bonds. The molecule has 0 bridgehead atoms. The molecule has 0 heterocycles. The van der Waals surface area contributed by atoms with Crippen LogP contribution in [0.15, 0.2) is 18.2 Å². The molecular formula is C14H22N2O2. The van der Waals surface area contributed by atoms with E-state index >= 15 is 0 Å². The van der Waals surface area contributed by atoms with E-state index in [1.807, 2.05) is 0 Å². The average Bonchev–Trinajstić information content (AvgIpc) is 2.30. The fourth-order valence-corrected chi connectivity index (χ4v) is 1.84. The van der Waals surface area contributed by atoms with Gasteiger partial charge in [-0.15, -0.1) is 0 Å². The minimum Gasteiger partial charge on any atom is -0.478 e. The lowest BCUT2D eigenvalue weighted by Gasteiger charge is -2.25. The number of hydrogen-bond acceptors (Lipinski definition) is 3. The molecule has 0 radical (unpaired) electrons. The lowest BCUT2D eigenvalue weighted by atomic mass is 10.1. The number of carboxylic acid groups (broad SMARTS) is 1. The molecule has 18 heavy (non-hydrogen) atoms. The summed E-state index contributed by atoms with van der Waals surface area (Å²) in [4.78, 5) is 13.0. The molecule has 0 aliphatic heterocycles. The number of rotatable bonds is 6. The lowest BCUT2D eigenvalue weighted by Crippen LogP contribution is -2.26. The van der Waals surface area contributed by atoms with Crippen molar-refractivity contribution < 1.29 is 9.90 Å². The summed E-state index contributed by atoms with van der Waals surface area (Å²) in [6, 6.07) is 4.92. The topological polar surface area (TPSA) is 66.6 Å². The van der Waals surface area contributed by atoms with E-state index in [0.29, 0.717) is 11.6 Å². The first-order valence-electron chi connectivity index (χ1n) is 6.33. The third kappa shape index (κ3) is 3.65. The first kappa shape index (κ1) is 14.4. The van der Waals surface area contributed by atoms with E-state index in [0.717, 1.165) is 25.2 Å². The molecule has 0 atom stereocenters. The van der Waals surface area contributed by atoms with Gasteiger partial charge in [0, 0.05) is 13.1 Å². The van der Waals surface area contributed by atoms with Crippen molar-refractivity contribution in [3.63, 3.8) is 0 Å². The Labute approximate surface area is 108 Å². The van der Waals surface area contributed by atoms with E-state index in [2.05, 4.69) is 25.7 Å². The molecule has 100 valence electrons. The molecule has 3 N–H and O–H groups in total.